The molecular weight excluding hydrogens is 367 g/mol. The van der Waals surface area contributed by atoms with E-state index < -0.39 is 0 Å². The highest BCUT2D eigenvalue weighted by atomic mass is 19.1. The Bertz CT molecular complexity index is 1110. The van der Waals surface area contributed by atoms with Crippen LogP contribution in [-0.4, -0.2) is 11.6 Å². The molecule has 0 spiro atoms. The van der Waals surface area contributed by atoms with Crippen molar-refractivity contribution < 1.29 is 13.9 Å². The number of rotatable bonds is 5. The van der Waals surface area contributed by atoms with E-state index in [1.165, 1.54) is 11.1 Å². The minimum absolute atomic E-state index is 0.101. The van der Waals surface area contributed by atoms with Crippen LogP contribution in [0.3, 0.4) is 0 Å². The first-order valence-corrected chi connectivity index (χ1v) is 9.25. The molecule has 0 unspecified atom stereocenters. The number of halogens is 1. The summed E-state index contributed by atoms with van der Waals surface area (Å²) < 4.78 is 19.7. The third-order valence-corrected chi connectivity index (χ3v) is 4.62. The lowest BCUT2D eigenvalue weighted by molar-refractivity contribution is -0.114. The number of carbonyl (C=O) groups excluding carboxylic acids is 1. The number of hydrogen-bond donors (Lipinski definition) is 0. The van der Waals surface area contributed by atoms with Gasteiger partial charge in [-0.2, -0.15) is 10.1 Å². The standard InChI is InChI=1S/C24H19FN2O2/c1-17-21(24(28)27(26-17)20-11-3-2-4-12-20)15-18-9-6-8-14-23(18)29-16-19-10-5-7-13-22(19)25/h2-15H,16H2,1H3. The lowest BCUT2D eigenvalue weighted by Crippen LogP contribution is -2.21. The number of amides is 1. The summed E-state index contributed by atoms with van der Waals surface area (Å²) in [5.74, 6) is 0.0652. The average molecular weight is 386 g/mol. The first-order chi connectivity index (χ1) is 14.1. The molecule has 5 heteroatoms. The molecule has 144 valence electrons. The SMILES string of the molecule is CC1=NN(c2ccccc2)C(=O)C1=Cc1ccccc1OCc1ccccc1F. The van der Waals surface area contributed by atoms with Gasteiger partial charge in [-0.05, 0) is 37.3 Å². The van der Waals surface area contributed by atoms with Crippen LogP contribution in [0.1, 0.15) is 18.1 Å². The van der Waals surface area contributed by atoms with E-state index in [2.05, 4.69) is 5.10 Å². The fourth-order valence-electron chi connectivity index (χ4n) is 3.09. The molecule has 0 aliphatic carbocycles. The summed E-state index contributed by atoms with van der Waals surface area (Å²) in [5.41, 5.74) is 3.04. The monoisotopic (exact) mass is 386 g/mol. The Kier molecular flexibility index (Phi) is 5.20. The van der Waals surface area contributed by atoms with Crippen molar-refractivity contribution in [1.82, 2.24) is 0 Å². The van der Waals surface area contributed by atoms with Crippen LogP contribution in [-0.2, 0) is 11.4 Å². The Morgan fingerprint density at radius 3 is 2.45 bits per heavy atom. The molecular formula is C24H19FN2O2. The summed E-state index contributed by atoms with van der Waals surface area (Å²) in [4.78, 5) is 12.9. The molecule has 0 saturated carbocycles. The smallest absolute Gasteiger partial charge is 0.280 e. The van der Waals surface area contributed by atoms with Gasteiger partial charge >= 0.3 is 0 Å². The molecule has 4 rings (SSSR count). The highest BCUT2D eigenvalue weighted by Crippen LogP contribution is 2.28. The average Bonchev–Trinajstić information content (AvgIpc) is 3.03. The Balaban J connectivity index is 1.60. The Morgan fingerprint density at radius 2 is 1.66 bits per heavy atom. The number of hydrogen-bond acceptors (Lipinski definition) is 3. The van der Waals surface area contributed by atoms with Crippen molar-refractivity contribution in [2.45, 2.75) is 13.5 Å². The van der Waals surface area contributed by atoms with Crippen molar-refractivity contribution >= 4 is 23.4 Å². The van der Waals surface area contributed by atoms with E-state index in [1.54, 1.807) is 37.3 Å². The van der Waals surface area contributed by atoms with Crippen molar-refractivity contribution in [2.75, 3.05) is 5.01 Å². The zero-order chi connectivity index (χ0) is 20.2. The molecule has 4 nitrogen and oxygen atoms in total. The number of ether oxygens (including phenoxy) is 1. The van der Waals surface area contributed by atoms with E-state index in [-0.39, 0.29) is 18.3 Å². The van der Waals surface area contributed by atoms with E-state index in [0.29, 0.717) is 28.3 Å². The van der Waals surface area contributed by atoms with E-state index in [9.17, 15) is 9.18 Å². The second kappa shape index (κ2) is 8.10. The van der Waals surface area contributed by atoms with Gasteiger partial charge in [0.2, 0.25) is 0 Å². The lowest BCUT2D eigenvalue weighted by Gasteiger charge is -2.12. The van der Waals surface area contributed by atoms with Gasteiger partial charge in [0.25, 0.3) is 5.91 Å². The first kappa shape index (κ1) is 18.6. The van der Waals surface area contributed by atoms with Crippen LogP contribution in [0.25, 0.3) is 6.08 Å². The van der Waals surface area contributed by atoms with Crippen molar-refractivity contribution in [3.8, 4) is 5.75 Å². The molecule has 1 heterocycles. The summed E-state index contributed by atoms with van der Waals surface area (Å²) in [6, 6.07) is 23.1. The Morgan fingerprint density at radius 1 is 0.966 bits per heavy atom. The fraction of sp³-hybridized carbons (Fsp3) is 0.0833. The highest BCUT2D eigenvalue weighted by molar-refractivity contribution is 6.32. The van der Waals surface area contributed by atoms with Gasteiger partial charge in [0.15, 0.2) is 0 Å². The van der Waals surface area contributed by atoms with Crippen molar-refractivity contribution in [2.24, 2.45) is 5.10 Å². The van der Waals surface area contributed by atoms with Gasteiger partial charge in [0.1, 0.15) is 18.2 Å². The summed E-state index contributed by atoms with van der Waals surface area (Å²) in [5, 5.41) is 5.79. The second-order valence-corrected chi connectivity index (χ2v) is 6.61. The summed E-state index contributed by atoms with van der Waals surface area (Å²) in [6.45, 7) is 1.90. The predicted octanol–water partition coefficient (Wildman–Crippen LogP) is 5.21. The predicted molar refractivity (Wildman–Crippen MR) is 112 cm³/mol. The molecule has 0 saturated heterocycles. The van der Waals surface area contributed by atoms with Gasteiger partial charge < -0.3 is 4.74 Å². The minimum atomic E-state index is -0.309. The van der Waals surface area contributed by atoms with Gasteiger partial charge in [0.05, 0.1) is 17.0 Å². The number of para-hydroxylation sites is 2. The number of nitrogens with zero attached hydrogens (tertiary/aromatic N) is 2. The van der Waals surface area contributed by atoms with Crippen molar-refractivity contribution in [3.63, 3.8) is 0 Å². The zero-order valence-electron chi connectivity index (χ0n) is 15.9. The number of carbonyl (C=O) groups is 1. The molecule has 0 atom stereocenters. The van der Waals surface area contributed by atoms with Crippen LogP contribution < -0.4 is 9.75 Å². The molecule has 0 fully saturated rings. The third-order valence-electron chi connectivity index (χ3n) is 4.62. The van der Waals surface area contributed by atoms with Crippen molar-refractivity contribution in [3.05, 3.63) is 101 Å². The van der Waals surface area contributed by atoms with Crippen molar-refractivity contribution in [1.29, 1.82) is 0 Å². The van der Waals surface area contributed by atoms with Gasteiger partial charge in [-0.25, -0.2) is 4.39 Å². The Hall–Kier alpha value is -3.73. The van der Waals surface area contributed by atoms with E-state index >= 15 is 0 Å². The quantitative estimate of drug-likeness (QED) is 0.565. The van der Waals surface area contributed by atoms with Gasteiger partial charge in [-0.3, -0.25) is 4.79 Å². The van der Waals surface area contributed by atoms with Gasteiger partial charge in [0, 0.05) is 11.1 Å². The number of hydrazone groups is 1. The van der Waals surface area contributed by atoms with E-state index in [4.69, 9.17) is 4.74 Å². The van der Waals surface area contributed by atoms with E-state index in [1.807, 2.05) is 48.5 Å². The maximum atomic E-state index is 13.9. The van der Waals surface area contributed by atoms with Gasteiger partial charge in [-0.15, -0.1) is 0 Å². The molecule has 0 bridgehead atoms. The molecule has 29 heavy (non-hydrogen) atoms. The van der Waals surface area contributed by atoms with Crippen LogP contribution in [0.5, 0.6) is 5.75 Å². The zero-order valence-corrected chi connectivity index (χ0v) is 15.9. The molecule has 3 aromatic carbocycles. The molecule has 0 radical (unpaired) electrons. The molecule has 0 aromatic heterocycles. The first-order valence-electron chi connectivity index (χ1n) is 9.25. The maximum absolute atomic E-state index is 13.9. The Labute approximate surface area is 168 Å². The number of benzene rings is 3. The minimum Gasteiger partial charge on any atom is -0.488 e. The summed E-state index contributed by atoms with van der Waals surface area (Å²) in [7, 11) is 0. The summed E-state index contributed by atoms with van der Waals surface area (Å²) in [6.07, 6.45) is 1.76. The van der Waals surface area contributed by atoms with Gasteiger partial charge in [-0.1, -0.05) is 54.6 Å². The van der Waals surface area contributed by atoms with Crippen LogP contribution in [0.15, 0.2) is 89.5 Å². The van der Waals surface area contributed by atoms with Crippen LogP contribution in [0.2, 0.25) is 0 Å². The van der Waals surface area contributed by atoms with E-state index in [0.717, 1.165) is 5.56 Å². The third kappa shape index (κ3) is 3.94. The lowest BCUT2D eigenvalue weighted by atomic mass is 10.1. The molecule has 1 aliphatic heterocycles. The molecule has 3 aromatic rings. The maximum Gasteiger partial charge on any atom is 0.280 e. The fourth-order valence-corrected chi connectivity index (χ4v) is 3.09. The topological polar surface area (TPSA) is 41.9 Å². The molecule has 0 N–H and O–H groups in total. The van der Waals surface area contributed by atoms with Crippen LogP contribution in [0.4, 0.5) is 10.1 Å². The number of anilines is 1. The normalized spacial score (nSPS) is 15.0. The molecule has 1 aliphatic rings. The second-order valence-electron chi connectivity index (χ2n) is 6.61. The van der Waals surface area contributed by atoms with Crippen LogP contribution in [0, 0.1) is 5.82 Å². The highest BCUT2D eigenvalue weighted by Gasteiger charge is 2.28. The summed E-state index contributed by atoms with van der Waals surface area (Å²) >= 11 is 0. The molecule has 1 amide bonds. The largest absolute Gasteiger partial charge is 0.488 e. The van der Waals surface area contributed by atoms with Crippen LogP contribution >= 0.6 is 0 Å².